The third kappa shape index (κ3) is 3.83. The number of carbonyl (C=O) groups excluding carboxylic acids is 1. The minimum Gasteiger partial charge on any atom is -0.463 e. The zero-order valence-electron chi connectivity index (χ0n) is 17.5. The van der Waals surface area contributed by atoms with Crippen molar-refractivity contribution in [3.05, 3.63) is 109 Å². The van der Waals surface area contributed by atoms with E-state index in [4.69, 9.17) is 4.42 Å². The largest absolute Gasteiger partial charge is 0.463 e. The van der Waals surface area contributed by atoms with Gasteiger partial charge in [0, 0.05) is 31.4 Å². The molecule has 7 heteroatoms. The average molecular weight is 423 g/mol. The molecule has 5 aromatic rings. The summed E-state index contributed by atoms with van der Waals surface area (Å²) in [7, 11) is 1.77. The number of para-hydroxylation sites is 2. The number of aromatic nitrogens is 4. The van der Waals surface area contributed by atoms with E-state index in [0.29, 0.717) is 23.7 Å². The van der Waals surface area contributed by atoms with Crippen molar-refractivity contribution in [3.63, 3.8) is 0 Å². The molecule has 158 valence electrons. The number of hydrogen-bond acceptors (Lipinski definition) is 4. The van der Waals surface area contributed by atoms with Gasteiger partial charge < -0.3 is 9.32 Å². The van der Waals surface area contributed by atoms with Crippen molar-refractivity contribution in [2.24, 2.45) is 0 Å². The van der Waals surface area contributed by atoms with Crippen LogP contribution in [-0.2, 0) is 6.54 Å². The minimum atomic E-state index is -0.147. The number of furan rings is 1. The highest BCUT2D eigenvalue weighted by Crippen LogP contribution is 2.23. The highest BCUT2D eigenvalue weighted by Gasteiger charge is 2.22. The van der Waals surface area contributed by atoms with Gasteiger partial charge in [-0.05, 0) is 36.4 Å². The molecule has 0 aliphatic rings. The fourth-order valence-electron chi connectivity index (χ4n) is 3.55. The summed E-state index contributed by atoms with van der Waals surface area (Å²) in [6.07, 6.45) is 5.30. The summed E-state index contributed by atoms with van der Waals surface area (Å²) in [5.41, 5.74) is 3.77. The van der Waals surface area contributed by atoms with Gasteiger partial charge in [0.2, 0.25) is 0 Å². The van der Waals surface area contributed by atoms with E-state index in [9.17, 15) is 4.79 Å². The third-order valence-electron chi connectivity index (χ3n) is 5.13. The van der Waals surface area contributed by atoms with Crippen molar-refractivity contribution in [2.45, 2.75) is 6.54 Å². The Balaban J connectivity index is 1.43. The van der Waals surface area contributed by atoms with E-state index in [1.165, 1.54) is 0 Å². The molecule has 0 spiro atoms. The summed E-state index contributed by atoms with van der Waals surface area (Å²) in [6, 6.07) is 24.9. The number of rotatable bonds is 6. The van der Waals surface area contributed by atoms with E-state index in [2.05, 4.69) is 10.2 Å². The molecule has 0 radical (unpaired) electrons. The third-order valence-corrected chi connectivity index (χ3v) is 5.13. The van der Waals surface area contributed by atoms with Crippen LogP contribution in [0.25, 0.3) is 22.8 Å². The van der Waals surface area contributed by atoms with Gasteiger partial charge in [-0.15, -0.1) is 0 Å². The molecule has 0 unspecified atom stereocenters. The van der Waals surface area contributed by atoms with E-state index in [1.54, 1.807) is 45.9 Å². The van der Waals surface area contributed by atoms with Gasteiger partial charge in [0.1, 0.15) is 11.4 Å². The molecule has 0 bridgehead atoms. The molecule has 0 atom stereocenters. The van der Waals surface area contributed by atoms with Crippen LogP contribution in [-0.4, -0.2) is 37.4 Å². The van der Waals surface area contributed by atoms with Crippen LogP contribution < -0.4 is 0 Å². The second-order valence-electron chi connectivity index (χ2n) is 7.43. The Morgan fingerprint density at radius 3 is 2.38 bits per heavy atom. The smallest absolute Gasteiger partial charge is 0.272 e. The fourth-order valence-corrected chi connectivity index (χ4v) is 3.55. The van der Waals surface area contributed by atoms with Crippen LogP contribution in [0.15, 0.2) is 102 Å². The van der Waals surface area contributed by atoms with E-state index < -0.39 is 0 Å². The first-order valence-electron chi connectivity index (χ1n) is 10.2. The molecule has 3 heterocycles. The minimum absolute atomic E-state index is 0.147. The van der Waals surface area contributed by atoms with Gasteiger partial charge in [0.25, 0.3) is 5.91 Å². The molecule has 7 nitrogen and oxygen atoms in total. The Labute approximate surface area is 185 Å². The molecule has 0 N–H and O–H groups in total. The SMILES string of the molecule is CN(Cc1cnn(-c2ccccc2)c1)C(=O)c1cc(-c2ccco2)nn1-c1ccccc1. The highest BCUT2D eigenvalue weighted by atomic mass is 16.3. The van der Waals surface area contributed by atoms with Gasteiger partial charge in [-0.2, -0.15) is 10.2 Å². The van der Waals surface area contributed by atoms with Crippen molar-refractivity contribution < 1.29 is 9.21 Å². The zero-order valence-corrected chi connectivity index (χ0v) is 17.5. The van der Waals surface area contributed by atoms with E-state index >= 15 is 0 Å². The summed E-state index contributed by atoms with van der Waals surface area (Å²) in [4.78, 5) is 15.1. The second kappa shape index (κ2) is 8.39. The Morgan fingerprint density at radius 2 is 1.69 bits per heavy atom. The maximum absolute atomic E-state index is 13.4. The molecule has 0 fully saturated rings. The summed E-state index contributed by atoms with van der Waals surface area (Å²) in [6.45, 7) is 0.418. The normalized spacial score (nSPS) is 10.9. The molecule has 3 aromatic heterocycles. The Morgan fingerprint density at radius 1 is 0.969 bits per heavy atom. The van der Waals surface area contributed by atoms with Crippen LogP contribution in [0.5, 0.6) is 0 Å². The Bertz CT molecular complexity index is 1320. The lowest BCUT2D eigenvalue weighted by atomic mass is 10.2. The summed E-state index contributed by atoms with van der Waals surface area (Å²) >= 11 is 0. The van der Waals surface area contributed by atoms with Crippen molar-refractivity contribution in [1.82, 2.24) is 24.5 Å². The van der Waals surface area contributed by atoms with Gasteiger partial charge in [0.15, 0.2) is 5.76 Å². The van der Waals surface area contributed by atoms with Gasteiger partial charge in [-0.25, -0.2) is 9.36 Å². The lowest BCUT2D eigenvalue weighted by molar-refractivity contribution is 0.0776. The van der Waals surface area contributed by atoms with Gasteiger partial charge in [-0.3, -0.25) is 4.79 Å². The lowest BCUT2D eigenvalue weighted by Crippen LogP contribution is -2.28. The van der Waals surface area contributed by atoms with Gasteiger partial charge >= 0.3 is 0 Å². The van der Waals surface area contributed by atoms with Crippen LogP contribution in [0.2, 0.25) is 0 Å². The monoisotopic (exact) mass is 423 g/mol. The molecule has 5 rings (SSSR count). The van der Waals surface area contributed by atoms with Crippen LogP contribution in [0.1, 0.15) is 16.1 Å². The summed E-state index contributed by atoms with van der Waals surface area (Å²) in [5, 5.41) is 9.06. The topological polar surface area (TPSA) is 69.1 Å². The number of benzene rings is 2. The van der Waals surface area contributed by atoms with Crippen LogP contribution in [0.4, 0.5) is 0 Å². The van der Waals surface area contributed by atoms with Crippen molar-refractivity contribution in [2.75, 3.05) is 7.05 Å². The maximum Gasteiger partial charge on any atom is 0.272 e. The predicted molar refractivity (Wildman–Crippen MR) is 121 cm³/mol. The summed E-state index contributed by atoms with van der Waals surface area (Å²) < 4.78 is 8.95. The Hall–Kier alpha value is -4.39. The highest BCUT2D eigenvalue weighted by molar-refractivity contribution is 5.94. The first-order valence-corrected chi connectivity index (χ1v) is 10.2. The molecule has 2 aromatic carbocycles. The van der Waals surface area contributed by atoms with Crippen molar-refractivity contribution in [3.8, 4) is 22.8 Å². The lowest BCUT2D eigenvalue weighted by Gasteiger charge is -2.17. The molecule has 32 heavy (non-hydrogen) atoms. The number of amides is 1. The van der Waals surface area contributed by atoms with Crippen molar-refractivity contribution >= 4 is 5.91 Å². The molecule has 0 aliphatic heterocycles. The molecule has 0 aliphatic carbocycles. The van der Waals surface area contributed by atoms with Gasteiger partial charge in [0.05, 0.1) is 23.8 Å². The van der Waals surface area contributed by atoms with Crippen LogP contribution in [0, 0.1) is 0 Å². The predicted octanol–water partition coefficient (Wildman–Crippen LogP) is 4.59. The number of nitrogens with zero attached hydrogens (tertiary/aromatic N) is 5. The second-order valence-corrected chi connectivity index (χ2v) is 7.43. The van der Waals surface area contributed by atoms with Gasteiger partial charge in [-0.1, -0.05) is 36.4 Å². The first kappa shape index (κ1) is 19.6. The van der Waals surface area contributed by atoms with Crippen LogP contribution >= 0.6 is 0 Å². The number of carbonyl (C=O) groups is 1. The van der Waals surface area contributed by atoms with E-state index in [-0.39, 0.29) is 5.91 Å². The summed E-state index contributed by atoms with van der Waals surface area (Å²) in [5.74, 6) is 0.465. The van der Waals surface area contributed by atoms with E-state index in [1.807, 2.05) is 72.9 Å². The fraction of sp³-hybridized carbons (Fsp3) is 0.0800. The molecule has 0 saturated carbocycles. The molecule has 0 saturated heterocycles. The number of hydrogen-bond donors (Lipinski definition) is 0. The Kier molecular flexibility index (Phi) is 5.13. The average Bonchev–Trinajstić information content (AvgIpc) is 3.60. The standard InChI is InChI=1S/C25H21N5O2/c1-28(17-19-16-26-29(18-19)20-9-4-2-5-10-20)25(31)23-15-22(24-13-8-14-32-24)27-30(23)21-11-6-3-7-12-21/h2-16,18H,17H2,1H3. The molecule has 1 amide bonds. The van der Waals surface area contributed by atoms with E-state index in [0.717, 1.165) is 16.9 Å². The molecular weight excluding hydrogens is 402 g/mol. The quantitative estimate of drug-likeness (QED) is 0.401. The first-order chi connectivity index (χ1) is 15.7. The van der Waals surface area contributed by atoms with Crippen molar-refractivity contribution in [1.29, 1.82) is 0 Å². The zero-order chi connectivity index (χ0) is 21.9. The van der Waals surface area contributed by atoms with Crippen LogP contribution in [0.3, 0.4) is 0 Å². The molecular formula is C25H21N5O2. The maximum atomic E-state index is 13.4.